The molecular formula is C13H6Cl2FNOS. The summed E-state index contributed by atoms with van der Waals surface area (Å²) in [6, 6.07) is 6.33. The molecule has 0 aliphatic carbocycles. The fourth-order valence-electron chi connectivity index (χ4n) is 1.87. The topological polar surface area (TPSA) is 29.1 Å². The van der Waals surface area contributed by atoms with Gasteiger partial charge in [0, 0.05) is 5.56 Å². The first kappa shape index (κ1) is 12.7. The van der Waals surface area contributed by atoms with E-state index in [-0.39, 0.29) is 16.5 Å². The molecule has 3 rings (SSSR count). The number of hydrogen-bond donors (Lipinski definition) is 1. The van der Waals surface area contributed by atoms with E-state index in [1.165, 1.54) is 23.5 Å². The van der Waals surface area contributed by atoms with Gasteiger partial charge in [0.15, 0.2) is 0 Å². The van der Waals surface area contributed by atoms with Gasteiger partial charge in [-0.1, -0.05) is 35.3 Å². The summed E-state index contributed by atoms with van der Waals surface area (Å²) >= 11 is 12.9. The number of thiophene rings is 1. The number of benzene rings is 1. The molecule has 96 valence electrons. The zero-order valence-corrected chi connectivity index (χ0v) is 11.7. The zero-order chi connectivity index (χ0) is 13.6. The fourth-order valence-corrected chi connectivity index (χ4v) is 3.24. The van der Waals surface area contributed by atoms with E-state index in [4.69, 9.17) is 23.2 Å². The number of nitrogens with one attached hydrogen (secondary N) is 1. The number of amides is 1. The Kier molecular flexibility index (Phi) is 3.09. The zero-order valence-electron chi connectivity index (χ0n) is 9.34. The van der Waals surface area contributed by atoms with Gasteiger partial charge >= 0.3 is 0 Å². The third-order valence-corrected chi connectivity index (χ3v) is 4.31. The van der Waals surface area contributed by atoms with Crippen molar-refractivity contribution in [2.75, 3.05) is 5.32 Å². The lowest BCUT2D eigenvalue weighted by molar-refractivity contribution is -0.110. The maximum absolute atomic E-state index is 13.8. The van der Waals surface area contributed by atoms with Crippen LogP contribution < -0.4 is 5.32 Å². The molecule has 0 saturated heterocycles. The maximum atomic E-state index is 13.8. The molecule has 1 N–H and O–H groups in total. The number of carbonyl (C=O) groups excluding carboxylic acids is 1. The summed E-state index contributed by atoms with van der Waals surface area (Å²) in [5, 5.41) is 2.71. The van der Waals surface area contributed by atoms with Gasteiger partial charge in [-0.15, -0.1) is 11.3 Å². The number of hydrogen-bond acceptors (Lipinski definition) is 2. The van der Waals surface area contributed by atoms with Crippen LogP contribution in [-0.4, -0.2) is 5.91 Å². The second kappa shape index (κ2) is 4.63. The first-order valence-corrected chi connectivity index (χ1v) is 6.90. The Morgan fingerprint density at radius 1 is 1.32 bits per heavy atom. The van der Waals surface area contributed by atoms with Crippen LogP contribution in [0.5, 0.6) is 0 Å². The Hall–Kier alpha value is -1.36. The van der Waals surface area contributed by atoms with Gasteiger partial charge < -0.3 is 5.32 Å². The van der Waals surface area contributed by atoms with E-state index in [1.807, 2.05) is 0 Å². The van der Waals surface area contributed by atoms with Crippen LogP contribution in [0.25, 0.3) is 11.6 Å². The third-order valence-electron chi connectivity index (χ3n) is 2.72. The molecular weight excluding hydrogens is 308 g/mol. The fraction of sp³-hybridized carbons (Fsp3) is 0. The second-order valence-corrected chi connectivity index (χ2v) is 6.04. The van der Waals surface area contributed by atoms with Gasteiger partial charge in [0.2, 0.25) is 0 Å². The van der Waals surface area contributed by atoms with Crippen molar-refractivity contribution in [3.05, 3.63) is 49.9 Å². The Bertz CT molecular complexity index is 723. The average Bonchev–Trinajstić information content (AvgIpc) is 2.83. The largest absolute Gasteiger partial charge is 0.321 e. The summed E-state index contributed by atoms with van der Waals surface area (Å²) in [7, 11) is 0. The smallest absolute Gasteiger partial charge is 0.257 e. The van der Waals surface area contributed by atoms with Crippen molar-refractivity contribution in [3.63, 3.8) is 0 Å². The number of carbonyl (C=O) groups is 1. The molecule has 1 aromatic carbocycles. The number of fused-ring (bicyclic) bond motifs is 1. The second-order valence-electron chi connectivity index (χ2n) is 3.95. The lowest BCUT2D eigenvalue weighted by atomic mass is 10.1. The van der Waals surface area contributed by atoms with Crippen LogP contribution in [0.3, 0.4) is 0 Å². The summed E-state index contributed by atoms with van der Waals surface area (Å²) in [6.45, 7) is 0. The molecule has 0 saturated carbocycles. The van der Waals surface area contributed by atoms with Gasteiger partial charge in [-0.25, -0.2) is 4.39 Å². The Morgan fingerprint density at radius 3 is 2.89 bits per heavy atom. The molecule has 0 bridgehead atoms. The van der Waals surface area contributed by atoms with Crippen LogP contribution in [0.2, 0.25) is 9.36 Å². The predicted molar refractivity (Wildman–Crippen MR) is 77.2 cm³/mol. The van der Waals surface area contributed by atoms with E-state index in [1.54, 1.807) is 18.2 Å². The summed E-state index contributed by atoms with van der Waals surface area (Å²) in [5.74, 6) is -0.808. The van der Waals surface area contributed by atoms with Crippen molar-refractivity contribution in [2.24, 2.45) is 0 Å². The van der Waals surface area contributed by atoms with Crippen molar-refractivity contribution in [2.45, 2.75) is 0 Å². The van der Waals surface area contributed by atoms with E-state index in [9.17, 15) is 9.18 Å². The minimum absolute atomic E-state index is 0.0252. The first-order valence-electron chi connectivity index (χ1n) is 5.33. The molecule has 0 spiro atoms. The third kappa shape index (κ3) is 2.16. The van der Waals surface area contributed by atoms with Gasteiger partial charge in [0.1, 0.15) is 5.82 Å². The maximum Gasteiger partial charge on any atom is 0.257 e. The molecule has 19 heavy (non-hydrogen) atoms. The standard InChI is InChI=1S/C13H6Cl2FNOS/c14-8-3-1-2-6(11(8)16)4-7-12-9(17-13(7)18)5-10(15)19-12/h1-5H,(H,17,18). The summed E-state index contributed by atoms with van der Waals surface area (Å²) in [5.41, 5.74) is 1.33. The van der Waals surface area contributed by atoms with E-state index in [0.29, 0.717) is 15.6 Å². The van der Waals surface area contributed by atoms with Gasteiger partial charge in [-0.2, -0.15) is 0 Å². The molecule has 1 amide bonds. The highest BCUT2D eigenvalue weighted by atomic mass is 35.5. The van der Waals surface area contributed by atoms with Crippen LogP contribution in [0.1, 0.15) is 10.4 Å². The minimum atomic E-state index is -0.541. The first-order chi connectivity index (χ1) is 9.06. The monoisotopic (exact) mass is 313 g/mol. The Labute approximate surface area is 122 Å². The van der Waals surface area contributed by atoms with E-state index >= 15 is 0 Å². The molecule has 0 radical (unpaired) electrons. The number of halogens is 3. The van der Waals surface area contributed by atoms with E-state index in [0.717, 1.165) is 4.88 Å². The van der Waals surface area contributed by atoms with E-state index in [2.05, 4.69) is 5.32 Å². The highest BCUT2D eigenvalue weighted by molar-refractivity contribution is 7.18. The van der Waals surface area contributed by atoms with E-state index < -0.39 is 5.82 Å². The van der Waals surface area contributed by atoms with Gasteiger partial charge in [-0.3, -0.25) is 4.79 Å². The SMILES string of the molecule is O=C1Nc2cc(Cl)sc2C1=Cc1cccc(Cl)c1F. The molecule has 6 heteroatoms. The molecule has 2 nitrogen and oxygen atoms in total. The number of anilines is 1. The van der Waals surface area contributed by atoms with Crippen molar-refractivity contribution >= 4 is 57.8 Å². The molecule has 2 heterocycles. The lowest BCUT2D eigenvalue weighted by Crippen LogP contribution is -2.04. The van der Waals surface area contributed by atoms with Crippen molar-refractivity contribution in [3.8, 4) is 0 Å². The van der Waals surface area contributed by atoms with Crippen LogP contribution in [0.15, 0.2) is 24.3 Å². The molecule has 1 aliphatic heterocycles. The molecule has 0 unspecified atom stereocenters. The van der Waals surface area contributed by atoms with Crippen LogP contribution >= 0.6 is 34.5 Å². The van der Waals surface area contributed by atoms with Crippen LogP contribution in [0, 0.1) is 5.82 Å². The highest BCUT2D eigenvalue weighted by Gasteiger charge is 2.27. The van der Waals surface area contributed by atoms with Gasteiger partial charge in [0.05, 0.1) is 25.5 Å². The lowest BCUT2D eigenvalue weighted by Gasteiger charge is -2.00. The van der Waals surface area contributed by atoms with Crippen molar-refractivity contribution in [1.29, 1.82) is 0 Å². The van der Waals surface area contributed by atoms with Crippen molar-refractivity contribution < 1.29 is 9.18 Å². The minimum Gasteiger partial charge on any atom is -0.321 e. The summed E-state index contributed by atoms with van der Waals surface area (Å²) in [6.07, 6.45) is 1.48. The molecule has 2 aromatic rings. The summed E-state index contributed by atoms with van der Waals surface area (Å²) < 4.78 is 14.4. The van der Waals surface area contributed by atoms with Crippen LogP contribution in [-0.2, 0) is 4.79 Å². The highest BCUT2D eigenvalue weighted by Crippen LogP contribution is 2.42. The van der Waals surface area contributed by atoms with Gasteiger partial charge in [-0.05, 0) is 18.2 Å². The normalized spacial score (nSPS) is 15.7. The molecule has 0 atom stereocenters. The molecule has 1 aliphatic rings. The molecule has 0 fully saturated rings. The van der Waals surface area contributed by atoms with Crippen LogP contribution in [0.4, 0.5) is 10.1 Å². The van der Waals surface area contributed by atoms with Gasteiger partial charge in [0.25, 0.3) is 5.91 Å². The average molecular weight is 314 g/mol. The van der Waals surface area contributed by atoms with Crippen molar-refractivity contribution in [1.82, 2.24) is 0 Å². The quantitative estimate of drug-likeness (QED) is 0.760. The summed E-state index contributed by atoms with van der Waals surface area (Å²) in [4.78, 5) is 12.5. The Balaban J connectivity index is 2.13. The Morgan fingerprint density at radius 2 is 2.11 bits per heavy atom. The number of rotatable bonds is 1. The predicted octanol–water partition coefficient (Wildman–Crippen LogP) is 4.69. The molecule has 1 aromatic heterocycles.